The molecule has 2 rings (SSSR count). The van der Waals surface area contributed by atoms with Crippen LogP contribution in [0, 0.1) is 13.8 Å². The summed E-state index contributed by atoms with van der Waals surface area (Å²) in [5.41, 5.74) is 6.77. The summed E-state index contributed by atoms with van der Waals surface area (Å²) in [5.74, 6) is 0.806. The van der Waals surface area contributed by atoms with E-state index < -0.39 is 0 Å². The summed E-state index contributed by atoms with van der Waals surface area (Å²) >= 11 is 0. The number of rotatable bonds is 4. The molecule has 1 heterocycles. The highest BCUT2D eigenvalue weighted by Crippen LogP contribution is 2.28. The van der Waals surface area contributed by atoms with Gasteiger partial charge in [0.1, 0.15) is 5.69 Å². The second-order valence-electron chi connectivity index (χ2n) is 5.58. The number of hydrogen-bond donors (Lipinski definition) is 0. The lowest BCUT2D eigenvalue weighted by molar-refractivity contribution is 0.412. The molecule has 0 aliphatic rings. The quantitative estimate of drug-likeness (QED) is 0.657. The van der Waals surface area contributed by atoms with E-state index >= 15 is 0 Å². The van der Waals surface area contributed by atoms with Crippen molar-refractivity contribution in [3.05, 3.63) is 71.0 Å². The molecule has 0 unspecified atom stereocenters. The van der Waals surface area contributed by atoms with E-state index in [4.69, 9.17) is 4.52 Å². The zero-order valence-electron chi connectivity index (χ0n) is 14.0. The molecule has 114 valence electrons. The first-order chi connectivity index (χ1) is 10.5. The molecule has 0 N–H and O–H groups in total. The van der Waals surface area contributed by atoms with Gasteiger partial charge in [0.25, 0.3) is 0 Å². The molecule has 1 aromatic carbocycles. The summed E-state index contributed by atoms with van der Waals surface area (Å²) < 4.78 is 5.51. The molecular formula is C20H23NO. The molecule has 0 saturated carbocycles. The van der Waals surface area contributed by atoms with Crippen LogP contribution < -0.4 is 0 Å². The van der Waals surface area contributed by atoms with Crippen molar-refractivity contribution in [3.8, 4) is 11.3 Å². The van der Waals surface area contributed by atoms with Gasteiger partial charge in [-0.3, -0.25) is 0 Å². The van der Waals surface area contributed by atoms with E-state index in [2.05, 4.69) is 56.3 Å². The fourth-order valence-corrected chi connectivity index (χ4v) is 2.32. The topological polar surface area (TPSA) is 26.0 Å². The first kappa shape index (κ1) is 16.0. The molecular weight excluding hydrogens is 270 g/mol. The largest absolute Gasteiger partial charge is 0.356 e. The second kappa shape index (κ2) is 7.08. The van der Waals surface area contributed by atoms with Crippen LogP contribution in [0.2, 0.25) is 0 Å². The van der Waals surface area contributed by atoms with Crippen LogP contribution in [0.3, 0.4) is 0 Å². The Balaban J connectivity index is 2.29. The summed E-state index contributed by atoms with van der Waals surface area (Å²) in [5, 5.41) is 4.24. The number of nitrogens with zero attached hydrogens (tertiary/aromatic N) is 1. The predicted octanol–water partition coefficient (Wildman–Crippen LogP) is 5.88. The average molecular weight is 293 g/mol. The lowest BCUT2D eigenvalue weighted by Gasteiger charge is -2.04. The Morgan fingerprint density at radius 1 is 1.14 bits per heavy atom. The molecule has 0 atom stereocenters. The van der Waals surface area contributed by atoms with Crippen LogP contribution >= 0.6 is 0 Å². The van der Waals surface area contributed by atoms with Gasteiger partial charge in [0.15, 0.2) is 5.76 Å². The van der Waals surface area contributed by atoms with E-state index in [9.17, 15) is 0 Å². The minimum Gasteiger partial charge on any atom is -0.356 e. The Kier molecular flexibility index (Phi) is 5.16. The van der Waals surface area contributed by atoms with Gasteiger partial charge in [-0.15, -0.1) is 0 Å². The Morgan fingerprint density at radius 3 is 2.45 bits per heavy atom. The van der Waals surface area contributed by atoms with Gasteiger partial charge in [-0.05, 0) is 51.3 Å². The Hall–Kier alpha value is -2.35. The minimum atomic E-state index is 0.806. The first-order valence-electron chi connectivity index (χ1n) is 7.54. The lowest BCUT2D eigenvalue weighted by atomic mass is 10.00. The van der Waals surface area contributed by atoms with E-state index in [1.54, 1.807) is 0 Å². The van der Waals surface area contributed by atoms with Crippen molar-refractivity contribution in [2.24, 2.45) is 0 Å². The van der Waals surface area contributed by atoms with Crippen LogP contribution in [0.25, 0.3) is 16.8 Å². The van der Waals surface area contributed by atoms with Gasteiger partial charge in [-0.25, -0.2) is 0 Å². The maximum atomic E-state index is 5.51. The normalized spacial score (nSPS) is 13.1. The van der Waals surface area contributed by atoms with E-state index in [1.165, 1.54) is 16.7 Å². The van der Waals surface area contributed by atoms with Crippen molar-refractivity contribution in [3.63, 3.8) is 0 Å². The highest BCUT2D eigenvalue weighted by Gasteiger charge is 2.11. The van der Waals surface area contributed by atoms with Crippen molar-refractivity contribution in [1.29, 1.82) is 0 Å². The van der Waals surface area contributed by atoms with Crippen molar-refractivity contribution in [1.82, 2.24) is 5.16 Å². The molecule has 0 fully saturated rings. The van der Waals surface area contributed by atoms with Gasteiger partial charge in [0.05, 0.1) is 0 Å². The molecule has 0 bridgehead atoms. The molecule has 2 aromatic rings. The Morgan fingerprint density at radius 2 is 1.82 bits per heavy atom. The van der Waals surface area contributed by atoms with Crippen LogP contribution in [-0.4, -0.2) is 5.16 Å². The van der Waals surface area contributed by atoms with Gasteiger partial charge in [0.2, 0.25) is 0 Å². The number of hydrogen-bond acceptors (Lipinski definition) is 2. The highest BCUT2D eigenvalue weighted by molar-refractivity contribution is 5.71. The molecule has 2 nitrogen and oxygen atoms in total. The third-order valence-corrected chi connectivity index (χ3v) is 3.80. The summed E-state index contributed by atoms with van der Waals surface area (Å²) in [6.07, 6.45) is 8.23. The Bertz CT molecular complexity index is 725. The van der Waals surface area contributed by atoms with Gasteiger partial charge < -0.3 is 4.52 Å². The van der Waals surface area contributed by atoms with E-state index in [0.29, 0.717) is 0 Å². The molecule has 22 heavy (non-hydrogen) atoms. The molecule has 0 saturated heterocycles. The van der Waals surface area contributed by atoms with Crippen LogP contribution in [0.1, 0.15) is 37.7 Å². The highest BCUT2D eigenvalue weighted by atomic mass is 16.5. The zero-order chi connectivity index (χ0) is 16.1. The maximum absolute atomic E-state index is 5.51. The molecule has 1 aromatic heterocycles. The lowest BCUT2D eigenvalue weighted by Crippen LogP contribution is -1.87. The fourth-order valence-electron chi connectivity index (χ4n) is 2.32. The monoisotopic (exact) mass is 293 g/mol. The van der Waals surface area contributed by atoms with Gasteiger partial charge in [0, 0.05) is 11.6 Å². The summed E-state index contributed by atoms with van der Waals surface area (Å²) in [6.45, 7) is 10.3. The number of allylic oxidation sites excluding steroid dienone is 6. The summed E-state index contributed by atoms with van der Waals surface area (Å²) in [7, 11) is 0. The van der Waals surface area contributed by atoms with Crippen LogP contribution in [0.4, 0.5) is 0 Å². The van der Waals surface area contributed by atoms with Crippen molar-refractivity contribution in [2.45, 2.75) is 34.6 Å². The SMILES string of the molecule is C/C=C(C)/C=C/C=C(\C)c1cc(-c2c(C)cccc2C)no1. The van der Waals surface area contributed by atoms with E-state index in [0.717, 1.165) is 22.6 Å². The molecule has 0 radical (unpaired) electrons. The smallest absolute Gasteiger partial charge is 0.163 e. The summed E-state index contributed by atoms with van der Waals surface area (Å²) in [6, 6.07) is 8.27. The molecule has 0 aliphatic carbocycles. The number of aromatic nitrogens is 1. The molecule has 2 heteroatoms. The van der Waals surface area contributed by atoms with Crippen LogP contribution in [0.15, 0.2) is 58.7 Å². The van der Waals surface area contributed by atoms with Gasteiger partial charge >= 0.3 is 0 Å². The molecule has 0 aliphatic heterocycles. The third kappa shape index (κ3) is 3.64. The third-order valence-electron chi connectivity index (χ3n) is 3.80. The maximum Gasteiger partial charge on any atom is 0.163 e. The second-order valence-corrected chi connectivity index (χ2v) is 5.58. The van der Waals surface area contributed by atoms with Gasteiger partial charge in [-0.2, -0.15) is 0 Å². The fraction of sp³-hybridized carbons (Fsp3) is 0.250. The average Bonchev–Trinajstić information content (AvgIpc) is 2.96. The standard InChI is InChI=1S/C20H23NO/c1-6-14(2)9-7-10-15(3)19-13-18(21-22-19)20-16(4)11-8-12-17(20)5/h6-13H,1-5H3/b9-7+,14-6+,15-10+. The van der Waals surface area contributed by atoms with Crippen molar-refractivity contribution in [2.75, 3.05) is 0 Å². The Labute approximate surface area is 132 Å². The molecule has 0 spiro atoms. The van der Waals surface area contributed by atoms with E-state index in [-0.39, 0.29) is 0 Å². The zero-order valence-corrected chi connectivity index (χ0v) is 14.0. The molecule has 0 amide bonds. The predicted molar refractivity (Wildman–Crippen MR) is 93.6 cm³/mol. The van der Waals surface area contributed by atoms with Crippen molar-refractivity contribution < 1.29 is 4.52 Å². The van der Waals surface area contributed by atoms with E-state index in [1.807, 2.05) is 32.1 Å². The first-order valence-corrected chi connectivity index (χ1v) is 7.54. The van der Waals surface area contributed by atoms with Gasteiger partial charge in [-0.1, -0.05) is 53.2 Å². The minimum absolute atomic E-state index is 0.806. The summed E-state index contributed by atoms with van der Waals surface area (Å²) in [4.78, 5) is 0. The van der Waals surface area contributed by atoms with Crippen LogP contribution in [-0.2, 0) is 0 Å². The number of aryl methyl sites for hydroxylation is 2. The van der Waals surface area contributed by atoms with Crippen LogP contribution in [0.5, 0.6) is 0 Å². The number of benzene rings is 1. The van der Waals surface area contributed by atoms with Crippen molar-refractivity contribution >= 4 is 5.57 Å².